The van der Waals surface area contributed by atoms with E-state index >= 15 is 0 Å². The number of hydrogen-bond donors (Lipinski definition) is 1. The van der Waals surface area contributed by atoms with Gasteiger partial charge in [-0.25, -0.2) is 4.79 Å². The lowest BCUT2D eigenvalue weighted by atomic mass is 10.1. The molecule has 0 saturated carbocycles. The van der Waals surface area contributed by atoms with Crippen LogP contribution < -0.4 is 9.47 Å². The zero-order valence-electron chi connectivity index (χ0n) is 13.4. The maximum Gasteiger partial charge on any atom is 0.338 e. The van der Waals surface area contributed by atoms with Crippen LogP contribution in [0.1, 0.15) is 28.9 Å². The molecule has 2 rings (SSSR count). The monoisotopic (exact) mass is 316 g/mol. The Hall–Kier alpha value is -2.53. The molecule has 0 unspecified atom stereocenters. The molecular weight excluding hydrogens is 296 g/mol. The highest BCUT2D eigenvalue weighted by molar-refractivity contribution is 5.89. The summed E-state index contributed by atoms with van der Waals surface area (Å²) in [4.78, 5) is 12.1. The first-order valence-corrected chi connectivity index (χ1v) is 7.22. The molecule has 0 fully saturated rings. The summed E-state index contributed by atoms with van der Waals surface area (Å²) in [6.45, 7) is 1.65. The average molecular weight is 316 g/mol. The number of carbonyl (C=O) groups excluding carboxylic acids is 1. The van der Waals surface area contributed by atoms with Crippen LogP contribution in [0.5, 0.6) is 11.5 Å². The molecule has 0 aliphatic rings. The van der Waals surface area contributed by atoms with Crippen molar-refractivity contribution >= 4 is 5.97 Å². The summed E-state index contributed by atoms with van der Waals surface area (Å²) in [5.41, 5.74) is 1.06. The Morgan fingerprint density at radius 2 is 1.39 bits per heavy atom. The Balaban J connectivity index is 2.01. The van der Waals surface area contributed by atoms with Crippen LogP contribution in [0.3, 0.4) is 0 Å². The predicted molar refractivity (Wildman–Crippen MR) is 85.8 cm³/mol. The topological polar surface area (TPSA) is 65.0 Å². The van der Waals surface area contributed by atoms with Crippen molar-refractivity contribution in [2.24, 2.45) is 0 Å². The van der Waals surface area contributed by atoms with Crippen LogP contribution in [0.4, 0.5) is 0 Å². The molecule has 0 saturated heterocycles. The van der Waals surface area contributed by atoms with E-state index in [4.69, 9.17) is 14.2 Å². The molecule has 2 aromatic rings. The second-order valence-corrected chi connectivity index (χ2v) is 5.06. The highest BCUT2D eigenvalue weighted by Crippen LogP contribution is 2.23. The fourth-order valence-corrected chi connectivity index (χ4v) is 2.10. The van der Waals surface area contributed by atoms with Crippen molar-refractivity contribution in [2.75, 3.05) is 14.2 Å². The van der Waals surface area contributed by atoms with Gasteiger partial charge in [0.15, 0.2) is 0 Å². The molecule has 2 atom stereocenters. The summed E-state index contributed by atoms with van der Waals surface area (Å²) >= 11 is 0. The number of methoxy groups -OCH3 is 2. The fourth-order valence-electron chi connectivity index (χ4n) is 2.10. The van der Waals surface area contributed by atoms with Gasteiger partial charge in [0.25, 0.3) is 0 Å². The van der Waals surface area contributed by atoms with Gasteiger partial charge in [0.2, 0.25) is 0 Å². The summed E-state index contributed by atoms with van der Waals surface area (Å²) in [7, 11) is 3.13. The molecule has 0 aromatic heterocycles. The second kappa shape index (κ2) is 7.65. The normalized spacial score (nSPS) is 13.0. The number of ether oxygens (including phenoxy) is 3. The van der Waals surface area contributed by atoms with Crippen LogP contribution in [0.25, 0.3) is 0 Å². The minimum atomic E-state index is -0.914. The SMILES string of the molecule is COc1ccc(C(=O)O[C@H](C)[C@@H](O)c2ccc(OC)cc2)cc1. The van der Waals surface area contributed by atoms with E-state index in [9.17, 15) is 9.90 Å². The lowest BCUT2D eigenvalue weighted by molar-refractivity contribution is -0.0116. The zero-order valence-corrected chi connectivity index (χ0v) is 13.4. The lowest BCUT2D eigenvalue weighted by Crippen LogP contribution is -2.22. The van der Waals surface area contributed by atoms with Gasteiger partial charge >= 0.3 is 5.97 Å². The second-order valence-electron chi connectivity index (χ2n) is 5.06. The number of hydrogen-bond acceptors (Lipinski definition) is 5. The van der Waals surface area contributed by atoms with E-state index in [2.05, 4.69) is 0 Å². The van der Waals surface area contributed by atoms with Crippen molar-refractivity contribution in [3.8, 4) is 11.5 Å². The van der Waals surface area contributed by atoms with Crippen LogP contribution in [0.2, 0.25) is 0 Å². The third-order valence-electron chi connectivity index (χ3n) is 3.52. The van der Waals surface area contributed by atoms with Gasteiger partial charge in [0, 0.05) is 0 Å². The number of carbonyl (C=O) groups is 1. The molecular formula is C18H20O5. The molecule has 122 valence electrons. The first-order valence-electron chi connectivity index (χ1n) is 7.22. The Bertz CT molecular complexity index is 633. The van der Waals surface area contributed by atoms with E-state index in [1.807, 2.05) is 0 Å². The Morgan fingerprint density at radius 3 is 1.87 bits per heavy atom. The molecule has 5 nitrogen and oxygen atoms in total. The smallest absolute Gasteiger partial charge is 0.338 e. The van der Waals surface area contributed by atoms with E-state index < -0.39 is 18.2 Å². The molecule has 0 spiro atoms. The van der Waals surface area contributed by atoms with Crippen LogP contribution >= 0.6 is 0 Å². The summed E-state index contributed by atoms with van der Waals surface area (Å²) in [5, 5.41) is 10.3. The van der Waals surface area contributed by atoms with Gasteiger partial charge in [-0.05, 0) is 48.9 Å². The van der Waals surface area contributed by atoms with Crippen molar-refractivity contribution in [1.29, 1.82) is 0 Å². The number of rotatable bonds is 6. The summed E-state index contributed by atoms with van der Waals surface area (Å²) in [6.07, 6.45) is -1.60. The molecule has 23 heavy (non-hydrogen) atoms. The van der Waals surface area contributed by atoms with E-state index in [1.165, 1.54) is 0 Å². The average Bonchev–Trinajstić information content (AvgIpc) is 2.61. The van der Waals surface area contributed by atoms with Crippen molar-refractivity contribution in [3.05, 3.63) is 59.7 Å². The van der Waals surface area contributed by atoms with Gasteiger partial charge in [0.05, 0.1) is 19.8 Å². The number of aliphatic hydroxyl groups is 1. The number of benzene rings is 2. The van der Waals surface area contributed by atoms with Crippen molar-refractivity contribution in [3.63, 3.8) is 0 Å². The molecule has 0 radical (unpaired) electrons. The molecule has 0 amide bonds. The first kappa shape index (κ1) is 16.8. The quantitative estimate of drug-likeness (QED) is 0.830. The largest absolute Gasteiger partial charge is 0.497 e. The minimum absolute atomic E-state index is 0.402. The molecule has 0 aliphatic heterocycles. The molecule has 0 aliphatic carbocycles. The molecule has 1 N–H and O–H groups in total. The van der Waals surface area contributed by atoms with Gasteiger partial charge in [0.1, 0.15) is 23.7 Å². The summed E-state index contributed by atoms with van der Waals surface area (Å²) in [5.74, 6) is 0.865. The highest BCUT2D eigenvalue weighted by Gasteiger charge is 2.21. The van der Waals surface area contributed by atoms with E-state index in [1.54, 1.807) is 69.7 Å². The van der Waals surface area contributed by atoms with Crippen LogP contribution in [0, 0.1) is 0 Å². The van der Waals surface area contributed by atoms with Crippen molar-refractivity contribution in [1.82, 2.24) is 0 Å². The Morgan fingerprint density at radius 1 is 0.913 bits per heavy atom. The Labute approximate surface area is 135 Å². The van der Waals surface area contributed by atoms with E-state index in [0.29, 0.717) is 22.6 Å². The maximum atomic E-state index is 12.1. The first-order chi connectivity index (χ1) is 11.0. The predicted octanol–water partition coefficient (Wildman–Crippen LogP) is 2.98. The molecule has 5 heteroatoms. The maximum absolute atomic E-state index is 12.1. The van der Waals surface area contributed by atoms with Gasteiger partial charge in [-0.2, -0.15) is 0 Å². The van der Waals surface area contributed by atoms with E-state index in [-0.39, 0.29) is 0 Å². The zero-order chi connectivity index (χ0) is 16.8. The standard InChI is InChI=1S/C18H20O5/c1-12(17(19)13-4-8-15(21-2)9-5-13)23-18(20)14-6-10-16(22-3)11-7-14/h4-12,17,19H,1-3H3/t12-,17-/m1/s1. The van der Waals surface area contributed by atoms with Gasteiger partial charge < -0.3 is 19.3 Å². The Kier molecular flexibility index (Phi) is 5.60. The van der Waals surface area contributed by atoms with Gasteiger partial charge in [-0.1, -0.05) is 12.1 Å². The van der Waals surface area contributed by atoms with Gasteiger partial charge in [-0.15, -0.1) is 0 Å². The summed E-state index contributed by atoms with van der Waals surface area (Å²) < 4.78 is 15.4. The number of aliphatic hydroxyl groups excluding tert-OH is 1. The van der Waals surface area contributed by atoms with Crippen LogP contribution in [-0.2, 0) is 4.74 Å². The number of esters is 1. The molecule has 0 heterocycles. The molecule has 0 bridgehead atoms. The van der Waals surface area contributed by atoms with Gasteiger partial charge in [-0.3, -0.25) is 0 Å². The minimum Gasteiger partial charge on any atom is -0.497 e. The highest BCUT2D eigenvalue weighted by atomic mass is 16.6. The third-order valence-corrected chi connectivity index (χ3v) is 3.52. The lowest BCUT2D eigenvalue weighted by Gasteiger charge is -2.20. The molecule has 2 aromatic carbocycles. The van der Waals surface area contributed by atoms with Crippen LogP contribution in [-0.4, -0.2) is 31.4 Å². The third kappa shape index (κ3) is 4.23. The summed E-state index contributed by atoms with van der Waals surface area (Å²) in [6, 6.07) is 13.6. The fraction of sp³-hybridized carbons (Fsp3) is 0.278. The van der Waals surface area contributed by atoms with Crippen LogP contribution in [0.15, 0.2) is 48.5 Å². The van der Waals surface area contributed by atoms with E-state index in [0.717, 1.165) is 0 Å². The van der Waals surface area contributed by atoms with Crippen molar-refractivity contribution in [2.45, 2.75) is 19.1 Å². The van der Waals surface area contributed by atoms with Crippen molar-refractivity contribution < 1.29 is 24.1 Å².